The third kappa shape index (κ3) is 4.53. The van der Waals surface area contributed by atoms with Crippen LogP contribution in [-0.2, 0) is 18.5 Å². The molecule has 212 valence electrons. The fourth-order valence-corrected chi connectivity index (χ4v) is 6.53. The number of aromatic nitrogens is 3. The van der Waals surface area contributed by atoms with Gasteiger partial charge in [-0.1, -0.05) is 32.9 Å². The Balaban J connectivity index is 1.56. The fourth-order valence-electron chi connectivity index (χ4n) is 6.53. The van der Waals surface area contributed by atoms with Crippen molar-refractivity contribution < 1.29 is 18.1 Å². The summed E-state index contributed by atoms with van der Waals surface area (Å²) in [5.74, 6) is -0.465. The number of hydrogen-bond donors (Lipinski definition) is 1. The Hall–Kier alpha value is -2.58. The van der Waals surface area contributed by atoms with Crippen molar-refractivity contribution in [3.05, 3.63) is 56.6 Å². The van der Waals surface area contributed by atoms with Crippen LogP contribution >= 0.6 is 0 Å². The van der Waals surface area contributed by atoms with Crippen LogP contribution in [-0.4, -0.2) is 43.3 Å². The van der Waals surface area contributed by atoms with Crippen LogP contribution in [0.4, 0.5) is 4.39 Å². The molecule has 0 aliphatic carbocycles. The van der Waals surface area contributed by atoms with Gasteiger partial charge in [0.1, 0.15) is 17.2 Å². The largest absolute Gasteiger partial charge is 0.382 e. The second-order valence-corrected chi connectivity index (χ2v) is 12.5. The lowest BCUT2D eigenvalue weighted by Crippen LogP contribution is -2.55. The molecule has 3 aromatic rings. The zero-order chi connectivity index (χ0) is 31.2. The number of halogens is 1. The van der Waals surface area contributed by atoms with Crippen LogP contribution in [0.15, 0.2) is 21.5 Å². The van der Waals surface area contributed by atoms with E-state index in [2.05, 4.69) is 19.0 Å². The van der Waals surface area contributed by atoms with Gasteiger partial charge in [-0.15, -0.1) is 0 Å². The second kappa shape index (κ2) is 9.81. The lowest BCUT2D eigenvalue weighted by molar-refractivity contribution is 0.00200. The zero-order valence-electron chi connectivity index (χ0n) is 27.4. The van der Waals surface area contributed by atoms with Crippen LogP contribution < -0.4 is 5.56 Å². The van der Waals surface area contributed by atoms with Crippen molar-refractivity contribution in [3.63, 3.8) is 0 Å². The first-order valence-corrected chi connectivity index (χ1v) is 14.0. The first-order chi connectivity index (χ1) is 19.4. The molecular weight excluding hydrogens is 495 g/mol. The first kappa shape index (κ1) is 24.2. The van der Waals surface area contributed by atoms with Gasteiger partial charge in [-0.3, -0.25) is 14.3 Å². The van der Waals surface area contributed by atoms with Gasteiger partial charge in [-0.25, -0.2) is 9.37 Å². The lowest BCUT2D eigenvalue weighted by Gasteiger charge is -2.51. The summed E-state index contributed by atoms with van der Waals surface area (Å²) in [6.45, 7) is 15.4. The summed E-state index contributed by atoms with van der Waals surface area (Å²) in [5.41, 5.74) is -0.528. The molecule has 5 rings (SSSR count). The van der Waals surface area contributed by atoms with E-state index in [1.807, 2.05) is 25.7 Å². The number of benzene rings is 1. The van der Waals surface area contributed by atoms with E-state index in [0.29, 0.717) is 43.5 Å². The lowest BCUT2D eigenvalue weighted by atomic mass is 9.66. The number of hydrogen-bond acceptors (Lipinski definition) is 6. The molecule has 0 bridgehead atoms. The van der Waals surface area contributed by atoms with Crippen molar-refractivity contribution >= 4 is 11.0 Å². The minimum Gasteiger partial charge on any atom is -0.382 e. The number of aliphatic hydroxyl groups is 1. The van der Waals surface area contributed by atoms with Crippen LogP contribution in [0.25, 0.3) is 11.0 Å². The molecule has 4 unspecified atom stereocenters. The molecule has 1 fully saturated rings. The van der Waals surface area contributed by atoms with E-state index >= 15 is 0 Å². The average Bonchev–Trinajstić information content (AvgIpc) is 3.31. The predicted octanol–water partition coefficient (Wildman–Crippen LogP) is 5.79. The molecule has 1 N–H and O–H groups in total. The van der Waals surface area contributed by atoms with Gasteiger partial charge in [0.05, 0.1) is 11.4 Å². The summed E-state index contributed by atoms with van der Waals surface area (Å²) in [7, 11) is 0. The maximum absolute atomic E-state index is 14.2. The summed E-state index contributed by atoms with van der Waals surface area (Å²) < 4.78 is 49.6. The maximum Gasteiger partial charge on any atom is 0.257 e. The highest BCUT2D eigenvalue weighted by Gasteiger charge is 2.46. The Labute approximate surface area is 234 Å². The van der Waals surface area contributed by atoms with Crippen molar-refractivity contribution in [2.24, 2.45) is 5.41 Å². The molecule has 2 aliphatic heterocycles. The average molecular weight is 542 g/mol. The topological polar surface area (TPSA) is 84.4 Å². The molecule has 4 heterocycles. The summed E-state index contributed by atoms with van der Waals surface area (Å²) >= 11 is 0. The number of rotatable bonds is 5. The standard InChI is InChI=1S/C31H43FN4O3/c1-17(2)25-22(28(37)36-14-9-13-31(8,38)29(36)33-25)16-18(3)35-15-12-23(30(6,7)20(35)5)26-21-10-11-24(32)19(4)27(21)39-34-26/h10-11,17-18,20,23,38H,9,12-16H2,1-8H3/i16D2,18D. The number of fused-ring (bicyclic) bond motifs is 2. The van der Waals surface area contributed by atoms with E-state index in [1.165, 1.54) is 10.6 Å². The molecule has 0 amide bonds. The second-order valence-electron chi connectivity index (χ2n) is 12.5. The van der Waals surface area contributed by atoms with Crippen LogP contribution in [0.3, 0.4) is 0 Å². The highest BCUT2D eigenvalue weighted by Crippen LogP contribution is 2.48. The molecule has 1 saturated heterocycles. The Bertz CT molecular complexity index is 1590. The fraction of sp³-hybridized carbons (Fsp3) is 0.645. The molecular formula is C31H43FN4O3. The van der Waals surface area contributed by atoms with E-state index < -0.39 is 29.0 Å². The quantitative estimate of drug-likeness (QED) is 0.440. The molecule has 0 radical (unpaired) electrons. The number of aryl methyl sites for hydroxylation is 1. The van der Waals surface area contributed by atoms with E-state index in [4.69, 9.17) is 9.51 Å². The Morgan fingerprint density at radius 2 is 2.00 bits per heavy atom. The van der Waals surface area contributed by atoms with Crippen LogP contribution in [0.1, 0.15) is 112 Å². The maximum atomic E-state index is 14.2. The van der Waals surface area contributed by atoms with Crippen molar-refractivity contribution in [2.75, 3.05) is 6.54 Å². The normalized spacial score (nSPS) is 28.5. The Kier molecular flexibility index (Phi) is 6.09. The highest BCUT2D eigenvalue weighted by molar-refractivity contribution is 5.83. The van der Waals surface area contributed by atoms with Gasteiger partial charge in [0.25, 0.3) is 5.56 Å². The predicted molar refractivity (Wildman–Crippen MR) is 151 cm³/mol. The zero-order valence-corrected chi connectivity index (χ0v) is 24.4. The minimum atomic E-state index is -2.39. The van der Waals surface area contributed by atoms with E-state index in [1.54, 1.807) is 26.8 Å². The van der Waals surface area contributed by atoms with Crippen LogP contribution in [0.2, 0.25) is 0 Å². The summed E-state index contributed by atoms with van der Waals surface area (Å²) in [5, 5.41) is 16.2. The Morgan fingerprint density at radius 1 is 1.28 bits per heavy atom. The number of nitrogens with zero attached hydrogens (tertiary/aromatic N) is 4. The van der Waals surface area contributed by atoms with E-state index in [-0.39, 0.29) is 40.8 Å². The summed E-state index contributed by atoms with van der Waals surface area (Å²) in [6, 6.07) is 0.997. The molecule has 0 saturated carbocycles. The van der Waals surface area contributed by atoms with Gasteiger partial charge in [0.15, 0.2) is 5.58 Å². The van der Waals surface area contributed by atoms with E-state index in [9.17, 15) is 18.4 Å². The summed E-state index contributed by atoms with van der Waals surface area (Å²) in [6.07, 6.45) is -0.781. The van der Waals surface area contributed by atoms with Gasteiger partial charge in [-0.2, -0.15) is 0 Å². The first-order valence-electron chi connectivity index (χ1n) is 15.5. The highest BCUT2D eigenvalue weighted by atomic mass is 19.1. The van der Waals surface area contributed by atoms with Crippen molar-refractivity contribution in [1.29, 1.82) is 0 Å². The van der Waals surface area contributed by atoms with Gasteiger partial charge in [0, 0.05) is 45.1 Å². The minimum absolute atomic E-state index is 0.0824. The molecule has 4 atom stereocenters. The van der Waals surface area contributed by atoms with E-state index in [0.717, 1.165) is 11.1 Å². The number of likely N-dealkylation sites (tertiary alicyclic amines) is 1. The molecule has 2 aliphatic rings. The van der Waals surface area contributed by atoms with Gasteiger partial charge in [0.2, 0.25) is 0 Å². The van der Waals surface area contributed by atoms with Crippen molar-refractivity contribution in [2.45, 2.75) is 117 Å². The van der Waals surface area contributed by atoms with Crippen molar-refractivity contribution in [1.82, 2.24) is 19.6 Å². The third-order valence-electron chi connectivity index (χ3n) is 9.29. The monoisotopic (exact) mass is 541 g/mol. The molecule has 2 aromatic heterocycles. The van der Waals surface area contributed by atoms with Gasteiger partial charge in [-0.05, 0) is 83.3 Å². The Morgan fingerprint density at radius 3 is 2.69 bits per heavy atom. The SMILES string of the molecule is [2H]C([2H])(c1c(C(C)C)nc2n(c1=O)CCCC2(C)O)C([2H])(C)N1CCC(c2noc3c(C)c(F)ccc23)C(C)(C)C1C. The van der Waals surface area contributed by atoms with Crippen LogP contribution in [0.5, 0.6) is 0 Å². The van der Waals surface area contributed by atoms with Gasteiger partial charge < -0.3 is 9.63 Å². The summed E-state index contributed by atoms with van der Waals surface area (Å²) in [4.78, 5) is 20.6. The van der Waals surface area contributed by atoms with Gasteiger partial charge >= 0.3 is 0 Å². The molecule has 8 heteroatoms. The third-order valence-corrected chi connectivity index (χ3v) is 9.29. The smallest absolute Gasteiger partial charge is 0.257 e. The number of piperidine rings is 1. The molecule has 7 nitrogen and oxygen atoms in total. The van der Waals surface area contributed by atoms with Crippen molar-refractivity contribution in [3.8, 4) is 0 Å². The molecule has 39 heavy (non-hydrogen) atoms. The van der Waals surface area contributed by atoms with Crippen LogP contribution in [0, 0.1) is 18.2 Å². The molecule has 1 aromatic carbocycles. The molecule has 0 spiro atoms.